The van der Waals surface area contributed by atoms with Gasteiger partial charge >= 0.3 is 5.97 Å². The zero-order chi connectivity index (χ0) is 19.2. The maximum absolute atomic E-state index is 12.4. The van der Waals surface area contributed by atoms with Crippen molar-refractivity contribution < 1.29 is 19.4 Å². The van der Waals surface area contributed by atoms with Crippen LogP contribution in [0.15, 0.2) is 81.9 Å². The molecule has 0 aliphatic carbocycles. The minimum absolute atomic E-state index is 0.0895. The van der Waals surface area contributed by atoms with Crippen LogP contribution in [0.5, 0.6) is 0 Å². The van der Waals surface area contributed by atoms with E-state index in [2.05, 4.69) is 4.99 Å². The number of rotatable bonds is 4. The third kappa shape index (κ3) is 4.35. The first-order valence-corrected chi connectivity index (χ1v) is 9.15. The van der Waals surface area contributed by atoms with Crippen molar-refractivity contribution in [3.05, 3.63) is 88.0 Å². The van der Waals surface area contributed by atoms with E-state index in [1.807, 2.05) is 30.3 Å². The summed E-state index contributed by atoms with van der Waals surface area (Å²) in [6.45, 7) is 1.82. The van der Waals surface area contributed by atoms with Gasteiger partial charge in [-0.15, -0.1) is 0 Å². The Morgan fingerprint density at radius 3 is 2.33 bits per heavy atom. The van der Waals surface area contributed by atoms with Gasteiger partial charge in [-0.2, -0.15) is 0 Å². The van der Waals surface area contributed by atoms with E-state index in [0.29, 0.717) is 10.5 Å². The summed E-state index contributed by atoms with van der Waals surface area (Å²) in [4.78, 5) is 29.2. The van der Waals surface area contributed by atoms with Crippen molar-refractivity contribution in [2.75, 3.05) is 6.61 Å². The molecule has 2 aromatic rings. The Labute approximate surface area is 161 Å². The number of carbonyl (C=O) groups is 2. The van der Waals surface area contributed by atoms with Crippen molar-refractivity contribution >= 4 is 34.8 Å². The number of aliphatic hydroxyl groups is 1. The molecule has 0 radical (unpaired) electrons. The van der Waals surface area contributed by atoms with Crippen molar-refractivity contribution in [1.29, 1.82) is 0 Å². The molecule has 1 amide bonds. The highest BCUT2D eigenvalue weighted by molar-refractivity contribution is 8.18. The quantitative estimate of drug-likeness (QED) is 0.798. The number of carbonyl (C=O) groups excluding carboxylic acids is 2. The van der Waals surface area contributed by atoms with Gasteiger partial charge in [-0.05, 0) is 30.7 Å². The number of hydrogen-bond donors (Lipinski definition) is 1. The SMILES string of the molecule is CCOC(=O)C1=C(O)/C(=C/c2ccccc2)SC1=NC(=O)c1ccccc1. The van der Waals surface area contributed by atoms with Gasteiger partial charge in [0, 0.05) is 5.56 Å². The lowest BCUT2D eigenvalue weighted by Gasteiger charge is -2.03. The maximum Gasteiger partial charge on any atom is 0.344 e. The highest BCUT2D eigenvalue weighted by Gasteiger charge is 2.33. The van der Waals surface area contributed by atoms with E-state index in [1.165, 1.54) is 0 Å². The molecule has 1 heterocycles. The second-order valence-corrected chi connectivity index (χ2v) is 6.58. The fraction of sp³-hybridized carbons (Fsp3) is 0.0952. The molecule has 2 aromatic carbocycles. The Morgan fingerprint density at radius 2 is 1.70 bits per heavy atom. The Hall–Kier alpha value is -3.12. The van der Waals surface area contributed by atoms with Crippen LogP contribution in [0, 0.1) is 0 Å². The first kappa shape index (κ1) is 18.7. The molecule has 0 atom stereocenters. The number of thioether (sulfide) groups is 1. The van der Waals surface area contributed by atoms with Gasteiger partial charge in [-0.1, -0.05) is 60.3 Å². The van der Waals surface area contributed by atoms with Crippen LogP contribution in [-0.4, -0.2) is 28.6 Å². The Bertz CT molecular complexity index is 947. The van der Waals surface area contributed by atoms with E-state index in [9.17, 15) is 14.7 Å². The first-order valence-electron chi connectivity index (χ1n) is 8.34. The lowest BCUT2D eigenvalue weighted by Crippen LogP contribution is -2.14. The summed E-state index contributed by atoms with van der Waals surface area (Å²) < 4.78 is 5.02. The molecular weight excluding hydrogens is 362 g/mol. The van der Waals surface area contributed by atoms with Crippen LogP contribution in [0.4, 0.5) is 0 Å². The maximum atomic E-state index is 12.4. The normalized spacial score (nSPS) is 16.8. The molecule has 3 rings (SSSR count). The predicted octanol–water partition coefficient (Wildman–Crippen LogP) is 4.39. The Balaban J connectivity index is 2.00. The number of esters is 1. The summed E-state index contributed by atoms with van der Waals surface area (Å²) in [6, 6.07) is 17.9. The number of hydrogen-bond acceptors (Lipinski definition) is 5. The average Bonchev–Trinajstić information content (AvgIpc) is 2.98. The highest BCUT2D eigenvalue weighted by atomic mass is 32.2. The van der Waals surface area contributed by atoms with Crippen molar-refractivity contribution in [2.24, 2.45) is 4.99 Å². The second-order valence-electron chi connectivity index (χ2n) is 5.55. The number of ether oxygens (including phenoxy) is 1. The number of aliphatic imine (C=N–C) groups is 1. The molecule has 0 saturated carbocycles. The summed E-state index contributed by atoms with van der Waals surface area (Å²) in [5.41, 5.74) is 1.16. The first-order chi connectivity index (χ1) is 13.1. The average molecular weight is 379 g/mol. The molecule has 0 saturated heterocycles. The summed E-state index contributed by atoms with van der Waals surface area (Å²) in [7, 11) is 0. The standard InChI is InChI=1S/C21H17NO4S/c1-2-26-21(25)17-18(23)16(13-14-9-5-3-6-10-14)27-20(17)22-19(24)15-11-7-4-8-12-15/h3-13,23H,2H2,1H3/b16-13-,22-20?. The van der Waals surface area contributed by atoms with Gasteiger partial charge in [0.25, 0.3) is 5.91 Å². The molecule has 1 N–H and O–H groups in total. The lowest BCUT2D eigenvalue weighted by atomic mass is 10.1. The van der Waals surface area contributed by atoms with Gasteiger partial charge in [-0.3, -0.25) is 4.79 Å². The molecule has 0 fully saturated rings. The van der Waals surface area contributed by atoms with Crippen LogP contribution in [0.1, 0.15) is 22.8 Å². The van der Waals surface area contributed by atoms with Crippen LogP contribution in [0.2, 0.25) is 0 Å². The van der Waals surface area contributed by atoms with Crippen molar-refractivity contribution in [2.45, 2.75) is 6.92 Å². The molecule has 0 spiro atoms. The number of benzene rings is 2. The highest BCUT2D eigenvalue weighted by Crippen LogP contribution is 2.39. The van der Waals surface area contributed by atoms with Gasteiger partial charge in [-0.25, -0.2) is 9.79 Å². The van der Waals surface area contributed by atoms with Crippen LogP contribution in [0.25, 0.3) is 6.08 Å². The minimum atomic E-state index is -0.710. The molecule has 0 bridgehead atoms. The summed E-state index contributed by atoms with van der Waals surface area (Å²) >= 11 is 1.06. The molecule has 136 valence electrons. The Kier molecular flexibility index (Phi) is 5.88. The van der Waals surface area contributed by atoms with E-state index >= 15 is 0 Å². The van der Waals surface area contributed by atoms with E-state index < -0.39 is 11.9 Å². The van der Waals surface area contributed by atoms with E-state index in [1.54, 1.807) is 43.3 Å². The van der Waals surface area contributed by atoms with E-state index in [-0.39, 0.29) is 23.0 Å². The van der Waals surface area contributed by atoms with Crippen LogP contribution >= 0.6 is 11.8 Å². The van der Waals surface area contributed by atoms with Gasteiger partial charge < -0.3 is 9.84 Å². The van der Waals surface area contributed by atoms with Gasteiger partial charge in [0.2, 0.25) is 0 Å². The number of aliphatic hydroxyl groups excluding tert-OH is 1. The molecule has 0 aromatic heterocycles. The van der Waals surface area contributed by atoms with E-state index in [0.717, 1.165) is 17.3 Å². The summed E-state index contributed by atoms with van der Waals surface area (Å²) in [6.07, 6.45) is 1.73. The van der Waals surface area contributed by atoms with Gasteiger partial charge in [0.15, 0.2) is 0 Å². The molecule has 0 unspecified atom stereocenters. The predicted molar refractivity (Wildman–Crippen MR) is 107 cm³/mol. The zero-order valence-corrected chi connectivity index (χ0v) is 15.4. The molecular formula is C21H17NO4S. The fourth-order valence-corrected chi connectivity index (χ4v) is 3.44. The van der Waals surface area contributed by atoms with Crippen LogP contribution in [0.3, 0.4) is 0 Å². The monoisotopic (exact) mass is 379 g/mol. The van der Waals surface area contributed by atoms with Crippen molar-refractivity contribution in [3.8, 4) is 0 Å². The molecule has 27 heavy (non-hydrogen) atoms. The molecule has 5 nitrogen and oxygen atoms in total. The fourth-order valence-electron chi connectivity index (χ4n) is 2.43. The zero-order valence-electron chi connectivity index (χ0n) is 14.6. The van der Waals surface area contributed by atoms with Gasteiger partial charge in [0.05, 0.1) is 11.5 Å². The van der Waals surface area contributed by atoms with E-state index in [4.69, 9.17) is 4.74 Å². The van der Waals surface area contributed by atoms with Crippen LogP contribution < -0.4 is 0 Å². The smallest absolute Gasteiger partial charge is 0.344 e. The topological polar surface area (TPSA) is 76.0 Å². The summed E-state index contributed by atoms with van der Waals surface area (Å²) in [5, 5.41) is 10.7. The molecule has 6 heteroatoms. The lowest BCUT2D eigenvalue weighted by molar-refractivity contribution is -0.138. The Morgan fingerprint density at radius 1 is 1.07 bits per heavy atom. The van der Waals surface area contributed by atoms with Crippen LogP contribution in [-0.2, 0) is 9.53 Å². The van der Waals surface area contributed by atoms with Crippen molar-refractivity contribution in [3.63, 3.8) is 0 Å². The third-order valence-corrected chi connectivity index (χ3v) is 4.71. The largest absolute Gasteiger partial charge is 0.506 e. The summed E-state index contributed by atoms with van der Waals surface area (Å²) in [5.74, 6) is -1.44. The number of amides is 1. The molecule has 1 aliphatic heterocycles. The minimum Gasteiger partial charge on any atom is -0.506 e. The molecule has 1 aliphatic rings. The van der Waals surface area contributed by atoms with Crippen molar-refractivity contribution in [1.82, 2.24) is 0 Å². The second kappa shape index (κ2) is 8.51. The van der Waals surface area contributed by atoms with Gasteiger partial charge in [0.1, 0.15) is 16.4 Å². The third-order valence-electron chi connectivity index (χ3n) is 3.69. The number of nitrogens with zero attached hydrogens (tertiary/aromatic N) is 1.